The highest BCUT2D eigenvalue weighted by atomic mass is 32.2. The lowest BCUT2D eigenvalue weighted by Gasteiger charge is -2.24. The smallest absolute Gasteiger partial charge is 0.419 e. The molecule has 1 atom stereocenters. The molecule has 6 nitrogen and oxygen atoms in total. The predicted molar refractivity (Wildman–Crippen MR) is 40.4 cm³/mol. The number of ether oxygens (including phenoxy) is 1. The van der Waals surface area contributed by atoms with Crippen molar-refractivity contribution >= 4 is 16.6 Å². The standard InChI is InChI=1S/C5H10NO5S/c1-2-5(3-6,11-4-7)12(8,9)10/h2-3,6H2,1H3,(H,8,9,10). The van der Waals surface area contributed by atoms with E-state index >= 15 is 0 Å². The minimum Gasteiger partial charge on any atom is -0.430 e. The Bertz CT molecular complexity index is 243. The van der Waals surface area contributed by atoms with Crippen LogP contribution >= 0.6 is 0 Å². The Morgan fingerprint density at radius 1 is 1.67 bits per heavy atom. The summed E-state index contributed by atoms with van der Waals surface area (Å²) in [6.45, 7) is 1.86. The quantitative estimate of drug-likeness (QED) is 0.547. The number of rotatable bonds is 5. The van der Waals surface area contributed by atoms with Gasteiger partial charge in [0.15, 0.2) is 0 Å². The van der Waals surface area contributed by atoms with Crippen LogP contribution < -0.4 is 5.73 Å². The molecule has 12 heavy (non-hydrogen) atoms. The third kappa shape index (κ3) is 1.93. The van der Waals surface area contributed by atoms with Crippen LogP contribution in [0, 0.1) is 0 Å². The van der Waals surface area contributed by atoms with E-state index in [0.29, 0.717) is 0 Å². The number of hydrogen-bond donors (Lipinski definition) is 2. The second-order valence-electron chi connectivity index (χ2n) is 2.13. The van der Waals surface area contributed by atoms with E-state index in [-0.39, 0.29) is 6.42 Å². The Kier molecular flexibility index (Phi) is 3.62. The highest BCUT2D eigenvalue weighted by molar-refractivity contribution is 7.87. The molecule has 0 fully saturated rings. The maximum Gasteiger partial charge on any atom is 0.419 e. The fraction of sp³-hybridized carbons (Fsp3) is 0.800. The minimum absolute atomic E-state index is 0.127. The summed E-state index contributed by atoms with van der Waals surface area (Å²) < 4.78 is 34.1. The molecular weight excluding hydrogens is 186 g/mol. The third-order valence-corrected chi connectivity index (χ3v) is 3.03. The highest BCUT2D eigenvalue weighted by Crippen LogP contribution is 2.19. The van der Waals surface area contributed by atoms with Crippen molar-refractivity contribution in [3.8, 4) is 0 Å². The van der Waals surface area contributed by atoms with Crippen molar-refractivity contribution in [1.82, 2.24) is 0 Å². The molecule has 1 radical (unpaired) electrons. The zero-order chi connectivity index (χ0) is 9.83. The summed E-state index contributed by atoms with van der Waals surface area (Å²) >= 11 is 0. The molecule has 0 aromatic heterocycles. The molecule has 0 amide bonds. The van der Waals surface area contributed by atoms with Crippen LogP contribution in [0.3, 0.4) is 0 Å². The largest absolute Gasteiger partial charge is 0.430 e. The molecule has 0 saturated carbocycles. The van der Waals surface area contributed by atoms with Gasteiger partial charge < -0.3 is 10.5 Å². The van der Waals surface area contributed by atoms with E-state index in [2.05, 4.69) is 4.74 Å². The molecule has 0 saturated heterocycles. The van der Waals surface area contributed by atoms with E-state index in [4.69, 9.17) is 10.3 Å². The van der Waals surface area contributed by atoms with Crippen LogP contribution in [-0.2, 0) is 19.6 Å². The molecule has 0 aromatic rings. The van der Waals surface area contributed by atoms with Gasteiger partial charge in [-0.1, -0.05) is 6.92 Å². The van der Waals surface area contributed by atoms with E-state index in [1.165, 1.54) is 6.92 Å². The van der Waals surface area contributed by atoms with Crippen molar-refractivity contribution in [2.24, 2.45) is 5.73 Å². The minimum atomic E-state index is -4.50. The summed E-state index contributed by atoms with van der Waals surface area (Å²) in [6.07, 6.45) is -0.127. The molecule has 71 valence electrons. The van der Waals surface area contributed by atoms with Gasteiger partial charge >= 0.3 is 16.6 Å². The molecule has 0 heterocycles. The van der Waals surface area contributed by atoms with Gasteiger partial charge in [0.1, 0.15) is 0 Å². The first-order chi connectivity index (χ1) is 5.43. The van der Waals surface area contributed by atoms with Gasteiger partial charge in [-0.15, -0.1) is 0 Å². The summed E-state index contributed by atoms with van der Waals surface area (Å²) in [6, 6.07) is 0. The van der Waals surface area contributed by atoms with Crippen molar-refractivity contribution in [3.05, 3.63) is 0 Å². The lowest BCUT2D eigenvalue weighted by molar-refractivity contribution is 0.123. The molecule has 1 unspecified atom stereocenters. The van der Waals surface area contributed by atoms with Crippen LogP contribution in [-0.4, -0.2) is 30.9 Å². The maximum atomic E-state index is 10.7. The monoisotopic (exact) mass is 196 g/mol. The summed E-state index contributed by atoms with van der Waals surface area (Å²) in [5.41, 5.74) is 5.05. The van der Waals surface area contributed by atoms with Gasteiger partial charge in [-0.2, -0.15) is 8.42 Å². The van der Waals surface area contributed by atoms with Crippen molar-refractivity contribution in [2.45, 2.75) is 18.3 Å². The van der Waals surface area contributed by atoms with Crippen LogP contribution in [0.15, 0.2) is 0 Å². The Hall–Kier alpha value is -0.660. The fourth-order valence-electron chi connectivity index (χ4n) is 0.674. The summed E-state index contributed by atoms with van der Waals surface area (Å²) in [5, 5.41) is 0. The Morgan fingerprint density at radius 3 is 2.25 bits per heavy atom. The second-order valence-corrected chi connectivity index (χ2v) is 3.82. The summed E-state index contributed by atoms with van der Waals surface area (Å²) in [7, 11) is -4.50. The van der Waals surface area contributed by atoms with E-state index in [1.54, 1.807) is 0 Å². The molecule has 0 bridgehead atoms. The first-order valence-corrected chi connectivity index (χ1v) is 4.59. The van der Waals surface area contributed by atoms with Gasteiger partial charge in [0.05, 0.1) is 6.54 Å². The number of nitrogens with two attached hydrogens (primary N) is 1. The molecule has 3 N–H and O–H groups in total. The summed E-state index contributed by atoms with van der Waals surface area (Å²) in [5.74, 6) is 0. The van der Waals surface area contributed by atoms with E-state index in [9.17, 15) is 13.2 Å². The van der Waals surface area contributed by atoms with E-state index in [0.717, 1.165) is 6.47 Å². The van der Waals surface area contributed by atoms with Gasteiger partial charge in [0, 0.05) is 6.42 Å². The van der Waals surface area contributed by atoms with Crippen LogP contribution in [0.5, 0.6) is 0 Å². The van der Waals surface area contributed by atoms with Crippen LogP contribution in [0.25, 0.3) is 0 Å². The normalized spacial score (nSPS) is 16.6. The second kappa shape index (κ2) is 3.83. The van der Waals surface area contributed by atoms with Gasteiger partial charge in [0.2, 0.25) is 4.93 Å². The van der Waals surface area contributed by atoms with Gasteiger partial charge in [-0.3, -0.25) is 4.55 Å². The molecule has 0 spiro atoms. The molecule has 0 aliphatic heterocycles. The van der Waals surface area contributed by atoms with E-state index in [1.807, 2.05) is 0 Å². The van der Waals surface area contributed by atoms with Crippen LogP contribution in [0.4, 0.5) is 0 Å². The maximum absolute atomic E-state index is 10.7. The molecular formula is C5H10NO5S. The zero-order valence-electron chi connectivity index (χ0n) is 6.48. The van der Waals surface area contributed by atoms with Crippen molar-refractivity contribution in [2.75, 3.05) is 6.54 Å². The Balaban J connectivity index is 4.96. The first-order valence-electron chi connectivity index (χ1n) is 3.15. The SMILES string of the molecule is CCC(CN)(O[C]=O)S(=O)(=O)O. The lowest BCUT2D eigenvalue weighted by atomic mass is 10.3. The van der Waals surface area contributed by atoms with Gasteiger partial charge in [-0.05, 0) is 0 Å². The van der Waals surface area contributed by atoms with Crippen molar-refractivity contribution in [3.63, 3.8) is 0 Å². The van der Waals surface area contributed by atoms with Gasteiger partial charge in [-0.25, -0.2) is 4.79 Å². The van der Waals surface area contributed by atoms with Crippen LogP contribution in [0.1, 0.15) is 13.3 Å². The molecule has 0 aromatic carbocycles. The molecule has 0 rings (SSSR count). The Morgan fingerprint density at radius 2 is 2.17 bits per heavy atom. The average Bonchev–Trinajstić information content (AvgIpc) is 1.98. The van der Waals surface area contributed by atoms with E-state index < -0.39 is 21.6 Å². The summed E-state index contributed by atoms with van der Waals surface area (Å²) in [4.78, 5) is 7.76. The molecule has 0 aliphatic carbocycles. The Labute approximate surface area is 70.4 Å². The predicted octanol–water partition coefficient (Wildman–Crippen LogP) is -0.977. The molecule has 0 aliphatic rings. The third-order valence-electron chi connectivity index (χ3n) is 1.55. The number of hydrogen-bond acceptors (Lipinski definition) is 5. The lowest BCUT2D eigenvalue weighted by Crippen LogP contribution is -2.47. The van der Waals surface area contributed by atoms with Crippen molar-refractivity contribution < 1.29 is 22.5 Å². The zero-order valence-corrected chi connectivity index (χ0v) is 7.30. The highest BCUT2D eigenvalue weighted by Gasteiger charge is 2.42. The van der Waals surface area contributed by atoms with Gasteiger partial charge in [0.25, 0.3) is 0 Å². The average molecular weight is 196 g/mol. The fourth-order valence-corrected chi connectivity index (χ4v) is 1.39. The topological polar surface area (TPSA) is 107 Å². The van der Waals surface area contributed by atoms with Crippen LogP contribution in [0.2, 0.25) is 0 Å². The van der Waals surface area contributed by atoms with Crippen molar-refractivity contribution in [1.29, 1.82) is 0 Å². The number of carbonyl (C=O) groups excluding carboxylic acids is 1. The molecule has 7 heteroatoms. The first kappa shape index (κ1) is 11.3.